The highest BCUT2D eigenvalue weighted by Gasteiger charge is 2.22. The van der Waals surface area contributed by atoms with Crippen molar-refractivity contribution in [2.75, 3.05) is 33.4 Å². The monoisotopic (exact) mass is 440 g/mol. The quantitative estimate of drug-likeness (QED) is 0.518. The number of ether oxygens (including phenoxy) is 2. The molecule has 0 saturated carbocycles. The van der Waals surface area contributed by atoms with E-state index in [4.69, 9.17) is 13.9 Å². The lowest BCUT2D eigenvalue weighted by molar-refractivity contribution is 0.0485. The number of nitrogens with zero attached hydrogens (tertiary/aromatic N) is 2. The Labute approximate surface area is 186 Å². The molecule has 1 fully saturated rings. The van der Waals surface area contributed by atoms with Crippen LogP contribution in [-0.4, -0.2) is 60.3 Å². The lowest BCUT2D eigenvalue weighted by Gasteiger charge is -2.31. The molecule has 32 heavy (non-hydrogen) atoms. The van der Waals surface area contributed by atoms with Gasteiger partial charge in [-0.3, -0.25) is 14.8 Å². The summed E-state index contributed by atoms with van der Waals surface area (Å²) in [6, 6.07) is 8.97. The minimum atomic E-state index is -0.434. The van der Waals surface area contributed by atoms with E-state index in [0.717, 1.165) is 42.6 Å². The molecule has 1 aliphatic heterocycles. The number of nitrogens with one attached hydrogen (secondary N) is 2. The minimum absolute atomic E-state index is 0.186. The molecule has 1 amide bonds. The summed E-state index contributed by atoms with van der Waals surface area (Å²) in [5.74, 6) is 1.46. The van der Waals surface area contributed by atoms with Gasteiger partial charge in [-0.2, -0.15) is 5.10 Å². The summed E-state index contributed by atoms with van der Waals surface area (Å²) in [5.41, 5.74) is 1.18. The van der Waals surface area contributed by atoms with Crippen LogP contribution in [0.3, 0.4) is 0 Å². The van der Waals surface area contributed by atoms with Crippen molar-refractivity contribution in [3.8, 4) is 5.75 Å². The average Bonchev–Trinajstić information content (AvgIpc) is 3.45. The Kier molecular flexibility index (Phi) is 6.75. The van der Waals surface area contributed by atoms with Crippen LogP contribution in [-0.2, 0) is 11.3 Å². The second-order valence-corrected chi connectivity index (χ2v) is 7.90. The van der Waals surface area contributed by atoms with Gasteiger partial charge in [-0.1, -0.05) is 0 Å². The van der Waals surface area contributed by atoms with Gasteiger partial charge in [-0.25, -0.2) is 4.79 Å². The number of piperidine rings is 1. The molecule has 0 aliphatic carbocycles. The van der Waals surface area contributed by atoms with E-state index in [2.05, 4.69) is 20.4 Å². The highest BCUT2D eigenvalue weighted by Crippen LogP contribution is 2.23. The zero-order chi connectivity index (χ0) is 22.5. The number of carbonyl (C=O) groups excluding carboxylic acids is 2. The lowest BCUT2D eigenvalue weighted by Crippen LogP contribution is -2.38. The van der Waals surface area contributed by atoms with Gasteiger partial charge in [0.05, 0.1) is 25.8 Å². The predicted molar refractivity (Wildman–Crippen MR) is 118 cm³/mol. The van der Waals surface area contributed by atoms with Gasteiger partial charge in [0, 0.05) is 11.9 Å². The minimum Gasteiger partial charge on any atom is -0.497 e. The Balaban J connectivity index is 1.25. The van der Waals surface area contributed by atoms with Crippen molar-refractivity contribution in [2.24, 2.45) is 5.92 Å². The number of likely N-dealkylation sites (tertiary alicyclic amines) is 1. The largest absolute Gasteiger partial charge is 0.497 e. The molecule has 0 bridgehead atoms. The second kappa shape index (κ2) is 9.86. The van der Waals surface area contributed by atoms with Crippen LogP contribution in [0.2, 0.25) is 0 Å². The van der Waals surface area contributed by atoms with Gasteiger partial charge >= 0.3 is 5.97 Å². The first-order valence-electron chi connectivity index (χ1n) is 10.9. The number of esters is 1. The first kappa shape index (κ1) is 21.9. The number of hydrogen-bond acceptors (Lipinski definition) is 7. The highest BCUT2D eigenvalue weighted by atomic mass is 16.5. The molecule has 0 spiro atoms. The summed E-state index contributed by atoms with van der Waals surface area (Å²) in [5, 5.41) is 10.8. The van der Waals surface area contributed by atoms with Crippen LogP contribution >= 0.6 is 0 Å². The standard InChI is InChI=1S/C23H28N4O5/c1-3-31-23(29)20-7-5-17(32-20)14-27-10-8-15(9-11-27)13-24-22(28)21-18-12-16(30-2)4-6-19(18)25-26-21/h4-7,12,15H,3,8-11,13-14H2,1-2H3,(H,24,28)(H,25,26). The molecular formula is C23H28N4O5. The molecule has 3 aromatic rings. The molecule has 9 nitrogen and oxygen atoms in total. The summed E-state index contributed by atoms with van der Waals surface area (Å²) >= 11 is 0. The molecule has 2 aromatic heterocycles. The number of H-pyrrole nitrogens is 1. The first-order chi connectivity index (χ1) is 15.6. The van der Waals surface area contributed by atoms with E-state index in [0.29, 0.717) is 37.1 Å². The van der Waals surface area contributed by atoms with Crippen LogP contribution in [0.1, 0.15) is 46.6 Å². The van der Waals surface area contributed by atoms with Gasteiger partial charge < -0.3 is 19.2 Å². The third-order valence-corrected chi connectivity index (χ3v) is 5.76. The maximum Gasteiger partial charge on any atom is 0.374 e. The number of methoxy groups -OCH3 is 1. The number of furan rings is 1. The number of fused-ring (bicyclic) bond motifs is 1. The van der Waals surface area contributed by atoms with E-state index in [9.17, 15) is 9.59 Å². The van der Waals surface area contributed by atoms with Crippen LogP contribution < -0.4 is 10.1 Å². The number of rotatable bonds is 8. The fourth-order valence-electron chi connectivity index (χ4n) is 3.96. The van der Waals surface area contributed by atoms with Gasteiger partial charge in [0.2, 0.25) is 5.76 Å². The molecule has 0 unspecified atom stereocenters. The molecular weight excluding hydrogens is 412 g/mol. The summed E-state index contributed by atoms with van der Waals surface area (Å²) in [4.78, 5) is 26.7. The van der Waals surface area contributed by atoms with Crippen LogP contribution in [0.4, 0.5) is 0 Å². The topological polar surface area (TPSA) is 110 Å². The molecule has 1 aliphatic rings. The first-order valence-corrected chi connectivity index (χ1v) is 10.9. The van der Waals surface area contributed by atoms with Crippen molar-refractivity contribution < 1.29 is 23.5 Å². The molecule has 2 N–H and O–H groups in total. The van der Waals surface area contributed by atoms with Crippen LogP contribution in [0, 0.1) is 5.92 Å². The van der Waals surface area contributed by atoms with Crippen molar-refractivity contribution in [1.29, 1.82) is 0 Å². The molecule has 1 saturated heterocycles. The van der Waals surface area contributed by atoms with Crippen molar-refractivity contribution >= 4 is 22.8 Å². The smallest absolute Gasteiger partial charge is 0.374 e. The van der Waals surface area contributed by atoms with E-state index in [-0.39, 0.29) is 11.7 Å². The maximum atomic E-state index is 12.7. The molecule has 0 radical (unpaired) electrons. The fourth-order valence-corrected chi connectivity index (χ4v) is 3.96. The summed E-state index contributed by atoms with van der Waals surface area (Å²) in [7, 11) is 1.60. The summed E-state index contributed by atoms with van der Waals surface area (Å²) < 4.78 is 15.8. The Hall–Kier alpha value is -3.33. The summed E-state index contributed by atoms with van der Waals surface area (Å²) in [6.07, 6.45) is 1.95. The maximum absolute atomic E-state index is 12.7. The molecule has 0 atom stereocenters. The Morgan fingerprint density at radius 1 is 1.25 bits per heavy atom. The van der Waals surface area contributed by atoms with E-state index in [1.165, 1.54) is 0 Å². The zero-order valence-electron chi connectivity index (χ0n) is 18.3. The number of aromatic nitrogens is 2. The van der Waals surface area contributed by atoms with E-state index in [1.807, 2.05) is 24.3 Å². The number of benzene rings is 1. The zero-order valence-corrected chi connectivity index (χ0v) is 18.3. The van der Waals surface area contributed by atoms with E-state index < -0.39 is 5.97 Å². The number of hydrogen-bond donors (Lipinski definition) is 2. The van der Waals surface area contributed by atoms with Crippen LogP contribution in [0.15, 0.2) is 34.7 Å². The third kappa shape index (κ3) is 4.94. The van der Waals surface area contributed by atoms with Crippen molar-refractivity contribution in [3.05, 3.63) is 47.5 Å². The van der Waals surface area contributed by atoms with E-state index >= 15 is 0 Å². The van der Waals surface area contributed by atoms with Gasteiger partial charge in [-0.05, 0) is 69.1 Å². The molecule has 9 heteroatoms. The molecule has 4 rings (SSSR count). The second-order valence-electron chi connectivity index (χ2n) is 7.90. The van der Waals surface area contributed by atoms with Gasteiger partial charge in [-0.15, -0.1) is 0 Å². The van der Waals surface area contributed by atoms with E-state index in [1.54, 1.807) is 20.1 Å². The van der Waals surface area contributed by atoms with Gasteiger partial charge in [0.15, 0.2) is 5.69 Å². The molecule has 1 aromatic carbocycles. The predicted octanol–water partition coefficient (Wildman–Crippen LogP) is 2.98. The number of aromatic amines is 1. The Morgan fingerprint density at radius 3 is 2.81 bits per heavy atom. The van der Waals surface area contributed by atoms with Crippen molar-refractivity contribution in [1.82, 2.24) is 20.4 Å². The highest BCUT2D eigenvalue weighted by molar-refractivity contribution is 6.05. The fraction of sp³-hybridized carbons (Fsp3) is 0.435. The van der Waals surface area contributed by atoms with Crippen LogP contribution in [0.25, 0.3) is 10.9 Å². The van der Waals surface area contributed by atoms with Crippen molar-refractivity contribution in [3.63, 3.8) is 0 Å². The number of carbonyl (C=O) groups is 2. The average molecular weight is 441 g/mol. The molecule has 3 heterocycles. The third-order valence-electron chi connectivity index (χ3n) is 5.76. The SMILES string of the molecule is CCOC(=O)c1ccc(CN2CCC(CNC(=O)c3n[nH]c4ccc(OC)cc34)CC2)o1. The Morgan fingerprint density at radius 2 is 2.06 bits per heavy atom. The lowest BCUT2D eigenvalue weighted by atomic mass is 9.96. The van der Waals surface area contributed by atoms with Crippen molar-refractivity contribution in [2.45, 2.75) is 26.3 Å². The number of amides is 1. The summed E-state index contributed by atoms with van der Waals surface area (Å²) in [6.45, 7) is 5.15. The van der Waals surface area contributed by atoms with Gasteiger partial charge in [0.25, 0.3) is 5.91 Å². The molecule has 170 valence electrons. The normalized spacial score (nSPS) is 15.1. The van der Waals surface area contributed by atoms with Gasteiger partial charge in [0.1, 0.15) is 11.5 Å². The van der Waals surface area contributed by atoms with Crippen LogP contribution in [0.5, 0.6) is 5.75 Å². The Bertz CT molecular complexity index is 1080.